The molecule has 0 saturated heterocycles. The molecule has 0 aromatic carbocycles. The zero-order valence-electron chi connectivity index (χ0n) is 13.5. The van der Waals surface area contributed by atoms with Gasteiger partial charge in [-0.1, -0.05) is 64.7 Å². The fraction of sp³-hybridized carbons (Fsp3) is 1.00. The maximum absolute atomic E-state index is 10.2. The third-order valence-electron chi connectivity index (χ3n) is 2.73. The van der Waals surface area contributed by atoms with Crippen molar-refractivity contribution in [3.05, 3.63) is 0 Å². The van der Waals surface area contributed by atoms with Crippen LogP contribution < -0.4 is 0 Å². The summed E-state index contributed by atoms with van der Waals surface area (Å²) < 4.78 is 33.0. The third kappa shape index (κ3) is 33.5. The third-order valence-corrected chi connectivity index (χ3v) is 3.19. The summed E-state index contributed by atoms with van der Waals surface area (Å²) in [6.07, 6.45) is 11.9. The van der Waals surface area contributed by atoms with E-state index in [9.17, 15) is 8.42 Å². The zero-order valence-corrected chi connectivity index (χ0v) is 18.2. The molecule has 0 rings (SSSR count). The molecule has 0 aromatic rings. The maximum atomic E-state index is 10.2. The van der Waals surface area contributed by atoms with Crippen molar-refractivity contribution in [1.82, 2.24) is 0 Å². The molecule has 0 aliphatic carbocycles. The molecular weight excluding hydrogens is 489 g/mol. The van der Waals surface area contributed by atoms with Gasteiger partial charge in [-0.2, -0.15) is 8.42 Å². The van der Waals surface area contributed by atoms with Gasteiger partial charge in [0.1, 0.15) is 0 Å². The second-order valence-corrected chi connectivity index (χ2v) is 5.84. The Labute approximate surface area is 150 Å². The van der Waals surface area contributed by atoms with Gasteiger partial charge in [-0.3, -0.25) is 4.55 Å². The second kappa shape index (κ2) is 20.7. The van der Waals surface area contributed by atoms with Crippen LogP contribution in [0.4, 0.5) is 0 Å². The average molecular weight is 523 g/mol. The Kier molecular flexibility index (Phi) is 26.3. The quantitative estimate of drug-likeness (QED) is 0.304. The van der Waals surface area contributed by atoms with Crippen LogP contribution in [0.25, 0.3) is 0 Å². The van der Waals surface area contributed by atoms with Gasteiger partial charge < -0.3 is 5.11 Å². The van der Waals surface area contributed by atoms with E-state index in [1.165, 1.54) is 44.9 Å². The van der Waals surface area contributed by atoms with Gasteiger partial charge in [-0.25, -0.2) is 4.18 Å². The van der Waals surface area contributed by atoms with E-state index in [1.807, 2.05) is 0 Å². The normalized spacial score (nSPS) is 10.5. The van der Waals surface area contributed by atoms with E-state index in [1.54, 1.807) is 6.92 Å². The molecule has 0 unspecified atom stereocenters. The van der Waals surface area contributed by atoms with Crippen LogP contribution in [0.1, 0.15) is 78.1 Å². The Hall–Kier alpha value is 0.726. The molecule has 0 aliphatic rings. The predicted octanol–water partition coefficient (Wildman–Crippen LogP) is 2.81. The Morgan fingerprint density at radius 2 is 1.14 bits per heavy atom. The zero-order chi connectivity index (χ0) is 15.7. The summed E-state index contributed by atoms with van der Waals surface area (Å²) in [5.41, 5.74) is 0. The summed E-state index contributed by atoms with van der Waals surface area (Å²) in [5.74, 6) is 0. The summed E-state index contributed by atoms with van der Waals surface area (Å²) in [6.45, 7) is 4.24. The molecule has 0 heterocycles. The van der Waals surface area contributed by atoms with Crippen molar-refractivity contribution in [3.8, 4) is 0 Å². The van der Waals surface area contributed by atoms with Crippen molar-refractivity contribution >= 4 is 37.0 Å². The number of unbranched alkanes of at least 4 members (excludes halogenated alkanes) is 9. The van der Waals surface area contributed by atoms with Crippen molar-refractivity contribution in [3.63, 3.8) is 0 Å². The van der Waals surface area contributed by atoms with Gasteiger partial charge in [0, 0.05) is 6.61 Å². The number of aliphatic hydroxyl groups is 1. The van der Waals surface area contributed by atoms with Crippen LogP contribution in [-0.4, -0.2) is 57.9 Å². The molecule has 0 amide bonds. The molecule has 0 spiro atoms. The van der Waals surface area contributed by atoms with Crippen molar-refractivity contribution in [1.29, 1.82) is 0 Å². The Morgan fingerprint density at radius 3 is 1.48 bits per heavy atom. The number of rotatable bonds is 12. The van der Waals surface area contributed by atoms with Crippen LogP contribution in [0.3, 0.4) is 0 Å². The fourth-order valence-electron chi connectivity index (χ4n) is 1.75. The van der Waals surface area contributed by atoms with Crippen molar-refractivity contribution < 1.29 is 22.3 Å². The first-order valence-corrected chi connectivity index (χ1v) is 9.07. The van der Waals surface area contributed by atoms with Crippen molar-refractivity contribution in [2.24, 2.45) is 0 Å². The Morgan fingerprint density at radius 1 is 0.810 bits per heavy atom. The van der Waals surface area contributed by atoms with E-state index in [4.69, 9.17) is 9.66 Å². The van der Waals surface area contributed by atoms with E-state index in [-0.39, 0.29) is 39.8 Å². The fourth-order valence-corrected chi connectivity index (χ4v) is 2.08. The molecule has 2 N–H and O–H groups in total. The number of hydrogen-bond acceptors (Lipinski definition) is 4. The van der Waals surface area contributed by atoms with Crippen LogP contribution in [0, 0.1) is 0 Å². The average Bonchev–Trinajstić information content (AvgIpc) is 2.35. The van der Waals surface area contributed by atoms with E-state index in [0.29, 0.717) is 6.42 Å². The van der Waals surface area contributed by atoms with E-state index in [2.05, 4.69) is 11.1 Å². The second-order valence-electron chi connectivity index (χ2n) is 4.75. The first-order chi connectivity index (χ1) is 9.47. The SMILES string of the molecule is CCCCCCCCCCCCOS(=O)(=O)O.CCO.[PoH2]. The molecule has 0 aromatic heterocycles. The molecule has 0 fully saturated rings. The summed E-state index contributed by atoms with van der Waals surface area (Å²) in [5, 5.41) is 7.57. The topological polar surface area (TPSA) is 83.8 Å². The van der Waals surface area contributed by atoms with Crippen LogP contribution in [0.5, 0.6) is 0 Å². The molecule has 21 heavy (non-hydrogen) atoms. The van der Waals surface area contributed by atoms with Gasteiger partial charge in [0.05, 0.1) is 6.61 Å². The van der Waals surface area contributed by atoms with Gasteiger partial charge in [-0.15, -0.1) is 0 Å². The van der Waals surface area contributed by atoms with Crippen LogP contribution >= 0.6 is 0 Å². The minimum atomic E-state index is -4.23. The molecule has 0 saturated carbocycles. The molecule has 0 atom stereocenters. The van der Waals surface area contributed by atoms with Gasteiger partial charge in [0.25, 0.3) is 0 Å². The molecule has 132 valence electrons. The summed E-state index contributed by atoms with van der Waals surface area (Å²) in [6, 6.07) is 0. The molecule has 5 nitrogen and oxygen atoms in total. The number of hydrogen-bond donors (Lipinski definition) is 2. The summed E-state index contributed by atoms with van der Waals surface area (Å²) >= 11 is 0. The van der Waals surface area contributed by atoms with Crippen LogP contribution in [0.15, 0.2) is 0 Å². The molecule has 7 heteroatoms. The van der Waals surface area contributed by atoms with E-state index in [0.717, 1.165) is 12.8 Å². The summed E-state index contributed by atoms with van der Waals surface area (Å²) in [7, 11) is -4.23. The Bertz CT molecular complexity index is 271. The van der Waals surface area contributed by atoms with Gasteiger partial charge >= 0.3 is 37.0 Å². The van der Waals surface area contributed by atoms with Gasteiger partial charge in [0.2, 0.25) is 0 Å². The first-order valence-electron chi connectivity index (χ1n) is 7.70. The summed E-state index contributed by atoms with van der Waals surface area (Å²) in [4.78, 5) is 0. The molecule has 0 radical (unpaired) electrons. The number of aliphatic hydroxyl groups excluding tert-OH is 1. The van der Waals surface area contributed by atoms with E-state index < -0.39 is 10.4 Å². The van der Waals surface area contributed by atoms with Gasteiger partial charge in [-0.05, 0) is 13.3 Å². The van der Waals surface area contributed by atoms with Crippen molar-refractivity contribution in [2.45, 2.75) is 78.1 Å². The first kappa shape index (κ1) is 26.6. The molecule has 0 aliphatic heterocycles. The molecule has 0 bridgehead atoms. The van der Waals surface area contributed by atoms with Crippen LogP contribution in [-0.2, 0) is 14.6 Å². The molecular formula is C14H34O5PoS. The predicted molar refractivity (Wildman–Crippen MR) is 90.6 cm³/mol. The van der Waals surface area contributed by atoms with E-state index >= 15 is 0 Å². The minimum absolute atomic E-state index is 0. The standard InChI is InChI=1S/C12H26O4S.C2H6O.Po.2H/c1-2-3-4-5-6-7-8-9-10-11-12-16-17(13,14)15;1-2-3;;;/h2-12H2,1H3,(H,13,14,15);3H,2H2,1H3;;;. The van der Waals surface area contributed by atoms with Gasteiger partial charge in [0.15, 0.2) is 0 Å². The van der Waals surface area contributed by atoms with Crippen LogP contribution in [0.2, 0.25) is 0 Å². The Balaban J connectivity index is -0.000000740. The van der Waals surface area contributed by atoms with Crippen molar-refractivity contribution in [2.75, 3.05) is 13.2 Å². The monoisotopic (exact) mass is 523 g/mol.